The van der Waals surface area contributed by atoms with Gasteiger partial charge in [-0.3, -0.25) is 4.79 Å². The van der Waals surface area contributed by atoms with Crippen molar-refractivity contribution in [3.63, 3.8) is 0 Å². The molecule has 0 N–H and O–H groups in total. The van der Waals surface area contributed by atoms with E-state index in [-0.39, 0.29) is 21.9 Å². The minimum atomic E-state index is -3.63. The van der Waals surface area contributed by atoms with Crippen molar-refractivity contribution in [2.75, 3.05) is 19.3 Å². The summed E-state index contributed by atoms with van der Waals surface area (Å²) in [5.74, 6) is 2.28. The lowest BCUT2D eigenvalue weighted by molar-refractivity contribution is 0.0997. The molecule has 35 heavy (non-hydrogen) atoms. The lowest BCUT2D eigenvalue weighted by Crippen LogP contribution is -2.39. The van der Waals surface area contributed by atoms with Crippen LogP contribution in [0.4, 0.5) is 0 Å². The van der Waals surface area contributed by atoms with Crippen LogP contribution in [0.1, 0.15) is 30.1 Å². The lowest BCUT2D eigenvalue weighted by atomic mass is 10.0. The molecule has 0 spiro atoms. The molecule has 0 radical (unpaired) electrons. The number of fused-ring (bicyclic) bond motifs is 1. The summed E-state index contributed by atoms with van der Waals surface area (Å²) in [6, 6.07) is 10.4. The molecule has 1 aliphatic heterocycles. The van der Waals surface area contributed by atoms with Crippen molar-refractivity contribution < 1.29 is 21.6 Å². The molecule has 1 fully saturated rings. The van der Waals surface area contributed by atoms with Crippen molar-refractivity contribution in [2.24, 2.45) is 10.9 Å². The maximum atomic E-state index is 13.0. The third-order valence-corrected chi connectivity index (χ3v) is 9.92. The molecule has 3 aromatic rings. The predicted octanol–water partition coefficient (Wildman–Crippen LogP) is 2.90. The summed E-state index contributed by atoms with van der Waals surface area (Å²) < 4.78 is 53.6. The Labute approximate surface area is 208 Å². The van der Waals surface area contributed by atoms with Crippen molar-refractivity contribution >= 4 is 47.3 Å². The Kier molecular flexibility index (Phi) is 7.02. The second-order valence-electron chi connectivity index (χ2n) is 8.63. The standard InChI is InChI=1S/C24H25N3O5S3/c1-4-13-27-21-12-11-20(34(3,29)30)15-22(21)33-24(27)25-23(28)18-7-9-19(10-8-18)35(31,32)26-14-5-6-17(2)16-26/h1,7-12,15,17H,5-6,13-14,16H2,2-3H3. The zero-order chi connectivity index (χ0) is 25.4. The van der Waals surface area contributed by atoms with Gasteiger partial charge in [0.1, 0.15) is 0 Å². The fraction of sp³-hybridized carbons (Fsp3) is 0.333. The van der Waals surface area contributed by atoms with Gasteiger partial charge < -0.3 is 4.57 Å². The number of nitrogens with zero attached hydrogens (tertiary/aromatic N) is 3. The highest BCUT2D eigenvalue weighted by Gasteiger charge is 2.28. The average Bonchev–Trinajstić information content (AvgIpc) is 3.15. The van der Waals surface area contributed by atoms with Crippen LogP contribution in [-0.4, -0.2) is 51.0 Å². The van der Waals surface area contributed by atoms with Gasteiger partial charge in [-0.1, -0.05) is 24.2 Å². The quantitative estimate of drug-likeness (QED) is 0.471. The molecule has 0 bridgehead atoms. The van der Waals surface area contributed by atoms with Gasteiger partial charge in [-0.05, 0) is 61.2 Å². The number of aromatic nitrogens is 1. The minimum Gasteiger partial charge on any atom is -0.305 e. The number of carbonyl (C=O) groups excluding carboxylic acids is 1. The van der Waals surface area contributed by atoms with Gasteiger partial charge >= 0.3 is 0 Å². The molecule has 8 nitrogen and oxygen atoms in total. The number of hydrogen-bond acceptors (Lipinski definition) is 6. The van der Waals surface area contributed by atoms with Crippen LogP contribution in [0.2, 0.25) is 0 Å². The van der Waals surface area contributed by atoms with E-state index >= 15 is 0 Å². The molecule has 0 saturated carbocycles. The molecular weight excluding hydrogens is 506 g/mol. The Bertz CT molecular complexity index is 1610. The van der Waals surface area contributed by atoms with Gasteiger partial charge in [-0.25, -0.2) is 16.8 Å². The zero-order valence-corrected chi connectivity index (χ0v) is 21.8. The van der Waals surface area contributed by atoms with Gasteiger partial charge in [0.25, 0.3) is 5.91 Å². The third kappa shape index (κ3) is 5.26. The summed E-state index contributed by atoms with van der Waals surface area (Å²) in [4.78, 5) is 17.7. The highest BCUT2D eigenvalue weighted by molar-refractivity contribution is 7.90. The van der Waals surface area contributed by atoms with Crippen molar-refractivity contribution in [1.29, 1.82) is 0 Å². The van der Waals surface area contributed by atoms with E-state index in [1.165, 1.54) is 40.7 Å². The molecular formula is C24H25N3O5S3. The number of thiazole rings is 1. The van der Waals surface area contributed by atoms with Crippen LogP contribution in [0.3, 0.4) is 0 Å². The van der Waals surface area contributed by atoms with Crippen LogP contribution < -0.4 is 4.80 Å². The summed E-state index contributed by atoms with van der Waals surface area (Å²) in [5, 5.41) is 0. The summed E-state index contributed by atoms with van der Waals surface area (Å²) in [6.07, 6.45) is 8.46. The largest absolute Gasteiger partial charge is 0.305 e. The van der Waals surface area contributed by atoms with Crippen LogP contribution in [0, 0.1) is 18.3 Å². The highest BCUT2D eigenvalue weighted by atomic mass is 32.2. The van der Waals surface area contributed by atoms with Crippen LogP contribution >= 0.6 is 11.3 Å². The fourth-order valence-electron chi connectivity index (χ4n) is 4.05. The summed E-state index contributed by atoms with van der Waals surface area (Å²) in [7, 11) is -7.02. The first-order valence-electron chi connectivity index (χ1n) is 11.0. The number of hydrogen-bond donors (Lipinski definition) is 0. The normalized spacial score (nSPS) is 18.0. The van der Waals surface area contributed by atoms with E-state index in [0.717, 1.165) is 30.4 Å². The van der Waals surface area contributed by atoms with E-state index in [9.17, 15) is 21.6 Å². The van der Waals surface area contributed by atoms with Crippen molar-refractivity contribution in [3.8, 4) is 12.3 Å². The smallest absolute Gasteiger partial charge is 0.279 e. The maximum Gasteiger partial charge on any atom is 0.279 e. The fourth-order valence-corrected chi connectivity index (χ4v) is 7.44. The first-order chi connectivity index (χ1) is 16.5. The maximum absolute atomic E-state index is 13.0. The molecule has 2 heterocycles. The summed E-state index contributed by atoms with van der Waals surface area (Å²) in [5.41, 5.74) is 0.904. The summed E-state index contributed by atoms with van der Waals surface area (Å²) >= 11 is 1.16. The molecule has 1 aliphatic rings. The van der Waals surface area contributed by atoms with Crippen LogP contribution in [-0.2, 0) is 26.4 Å². The van der Waals surface area contributed by atoms with E-state index in [4.69, 9.17) is 6.42 Å². The average molecular weight is 532 g/mol. The summed E-state index contributed by atoms with van der Waals surface area (Å²) in [6.45, 7) is 3.16. The second-order valence-corrected chi connectivity index (χ2v) is 13.6. The predicted molar refractivity (Wildman–Crippen MR) is 135 cm³/mol. The molecule has 1 atom stereocenters. The van der Waals surface area contributed by atoms with Crippen LogP contribution in [0.15, 0.2) is 57.2 Å². The van der Waals surface area contributed by atoms with Gasteiger partial charge in [0.15, 0.2) is 14.6 Å². The number of carbonyl (C=O) groups is 1. The van der Waals surface area contributed by atoms with Crippen LogP contribution in [0.5, 0.6) is 0 Å². The molecule has 0 aliphatic carbocycles. The SMILES string of the molecule is C#CCn1c(=NC(=O)c2ccc(S(=O)(=O)N3CCCC(C)C3)cc2)sc2cc(S(C)(=O)=O)ccc21. The second kappa shape index (κ2) is 9.70. The van der Waals surface area contributed by atoms with Gasteiger partial charge in [0.05, 0.1) is 26.6 Å². The highest BCUT2D eigenvalue weighted by Crippen LogP contribution is 2.24. The van der Waals surface area contributed by atoms with Gasteiger partial charge in [-0.15, -0.1) is 6.42 Å². The number of terminal acetylenes is 1. The number of amides is 1. The van der Waals surface area contributed by atoms with E-state index in [1.54, 1.807) is 10.6 Å². The molecule has 1 saturated heterocycles. The first kappa shape index (κ1) is 25.3. The van der Waals surface area contributed by atoms with Crippen LogP contribution in [0.25, 0.3) is 10.2 Å². The molecule has 1 aromatic heterocycles. The Morgan fingerprint density at radius 3 is 2.46 bits per heavy atom. The van der Waals surface area contributed by atoms with E-state index < -0.39 is 25.8 Å². The Morgan fingerprint density at radius 1 is 1.14 bits per heavy atom. The molecule has 184 valence electrons. The molecule has 1 amide bonds. The van der Waals surface area contributed by atoms with Gasteiger partial charge in [0.2, 0.25) is 10.0 Å². The molecule has 11 heteroatoms. The van der Waals surface area contributed by atoms with E-state index in [0.29, 0.717) is 34.0 Å². The number of piperidine rings is 1. The Morgan fingerprint density at radius 2 is 1.83 bits per heavy atom. The lowest BCUT2D eigenvalue weighted by Gasteiger charge is -2.30. The van der Waals surface area contributed by atoms with Crippen molar-refractivity contribution in [1.82, 2.24) is 8.87 Å². The van der Waals surface area contributed by atoms with Crippen molar-refractivity contribution in [2.45, 2.75) is 36.1 Å². The monoisotopic (exact) mass is 531 g/mol. The van der Waals surface area contributed by atoms with Crippen molar-refractivity contribution in [3.05, 3.63) is 52.8 Å². The zero-order valence-electron chi connectivity index (χ0n) is 19.3. The number of sulfonamides is 1. The Balaban J connectivity index is 1.67. The van der Waals surface area contributed by atoms with E-state index in [1.807, 2.05) is 6.92 Å². The van der Waals surface area contributed by atoms with Gasteiger partial charge in [-0.2, -0.15) is 9.30 Å². The van der Waals surface area contributed by atoms with E-state index in [2.05, 4.69) is 10.9 Å². The third-order valence-electron chi connectivity index (χ3n) is 5.89. The molecule has 2 aromatic carbocycles. The first-order valence-corrected chi connectivity index (χ1v) is 15.1. The topological polar surface area (TPSA) is 106 Å². The Hall–Kier alpha value is -2.78. The molecule has 1 unspecified atom stereocenters. The molecule has 4 rings (SSSR count). The minimum absolute atomic E-state index is 0.140. The number of rotatable bonds is 5. The number of sulfone groups is 1. The van der Waals surface area contributed by atoms with Gasteiger partial charge in [0, 0.05) is 24.9 Å². The number of benzene rings is 2.